The molecular weight excluding hydrogens is 376 g/mol. The Kier molecular flexibility index (Phi) is 15.0. The summed E-state index contributed by atoms with van der Waals surface area (Å²) < 4.78 is 10.5. The molecule has 0 aliphatic rings. The first-order valence-corrected chi connectivity index (χ1v) is 11.3. The largest absolute Gasteiger partial charge is 0.493 e. The average molecular weight is 415 g/mol. The third-order valence-electron chi connectivity index (χ3n) is 4.88. The Bertz CT molecular complexity index is 661. The molecule has 0 unspecified atom stereocenters. The molecule has 0 heterocycles. The highest BCUT2D eigenvalue weighted by Gasteiger charge is 2.10. The van der Waals surface area contributed by atoms with Crippen LogP contribution in [-0.2, 0) is 4.79 Å². The molecule has 1 aromatic rings. The molecule has 166 valence electrons. The zero-order valence-electron chi connectivity index (χ0n) is 18.7. The summed E-state index contributed by atoms with van der Waals surface area (Å²) >= 11 is 0. The lowest BCUT2D eigenvalue weighted by molar-refractivity contribution is -0.134. The van der Waals surface area contributed by atoms with Gasteiger partial charge in [0.25, 0.3) is 0 Å². The SMILES string of the molecule is CCCCCC=CCC=CCCCCCCCC(=O)Oc1ccc(C=O)cc1OC. The molecule has 0 bridgehead atoms. The van der Waals surface area contributed by atoms with Crippen LogP contribution in [-0.4, -0.2) is 19.4 Å². The highest BCUT2D eigenvalue weighted by molar-refractivity contribution is 5.78. The number of aldehydes is 1. The molecule has 0 saturated heterocycles. The van der Waals surface area contributed by atoms with Gasteiger partial charge in [-0.15, -0.1) is 0 Å². The lowest BCUT2D eigenvalue weighted by Crippen LogP contribution is -2.08. The molecule has 0 saturated carbocycles. The number of hydrogen-bond acceptors (Lipinski definition) is 4. The maximum absolute atomic E-state index is 12.0. The maximum atomic E-state index is 12.0. The second-order valence-electron chi connectivity index (χ2n) is 7.48. The number of rotatable bonds is 17. The van der Waals surface area contributed by atoms with E-state index in [1.54, 1.807) is 18.2 Å². The van der Waals surface area contributed by atoms with Gasteiger partial charge in [-0.2, -0.15) is 0 Å². The Balaban J connectivity index is 2.04. The summed E-state index contributed by atoms with van der Waals surface area (Å²) in [7, 11) is 1.49. The highest BCUT2D eigenvalue weighted by atomic mass is 16.6. The van der Waals surface area contributed by atoms with Gasteiger partial charge >= 0.3 is 5.97 Å². The van der Waals surface area contributed by atoms with E-state index < -0.39 is 0 Å². The molecule has 1 aromatic carbocycles. The summed E-state index contributed by atoms with van der Waals surface area (Å²) in [6.07, 6.45) is 22.9. The van der Waals surface area contributed by atoms with Gasteiger partial charge in [0.15, 0.2) is 11.5 Å². The van der Waals surface area contributed by atoms with Crippen LogP contribution >= 0.6 is 0 Å². The van der Waals surface area contributed by atoms with Crippen LogP contribution < -0.4 is 9.47 Å². The van der Waals surface area contributed by atoms with Crippen molar-refractivity contribution in [1.82, 2.24) is 0 Å². The van der Waals surface area contributed by atoms with Crippen molar-refractivity contribution in [3.8, 4) is 11.5 Å². The number of ether oxygens (including phenoxy) is 2. The number of allylic oxidation sites excluding steroid dienone is 4. The van der Waals surface area contributed by atoms with E-state index in [1.807, 2.05) is 0 Å². The average Bonchev–Trinajstić information content (AvgIpc) is 2.76. The summed E-state index contributed by atoms with van der Waals surface area (Å²) in [6, 6.07) is 4.76. The smallest absolute Gasteiger partial charge is 0.311 e. The molecule has 0 spiro atoms. The van der Waals surface area contributed by atoms with E-state index in [4.69, 9.17) is 9.47 Å². The van der Waals surface area contributed by atoms with E-state index in [9.17, 15) is 9.59 Å². The van der Waals surface area contributed by atoms with E-state index in [0.29, 0.717) is 23.5 Å². The molecule has 4 nitrogen and oxygen atoms in total. The first-order chi connectivity index (χ1) is 14.7. The number of hydrogen-bond donors (Lipinski definition) is 0. The number of methoxy groups -OCH3 is 1. The molecule has 0 aliphatic heterocycles. The molecule has 4 heteroatoms. The summed E-state index contributed by atoms with van der Waals surface area (Å²) in [5.41, 5.74) is 0.486. The highest BCUT2D eigenvalue weighted by Crippen LogP contribution is 2.28. The zero-order valence-corrected chi connectivity index (χ0v) is 18.7. The van der Waals surface area contributed by atoms with Gasteiger partial charge in [-0.25, -0.2) is 0 Å². The molecule has 0 amide bonds. The monoisotopic (exact) mass is 414 g/mol. The third kappa shape index (κ3) is 12.3. The fourth-order valence-corrected chi connectivity index (χ4v) is 3.10. The maximum Gasteiger partial charge on any atom is 0.311 e. The van der Waals surface area contributed by atoms with Crippen molar-refractivity contribution >= 4 is 12.3 Å². The fraction of sp³-hybridized carbons (Fsp3) is 0.538. The molecule has 1 rings (SSSR count). The second-order valence-corrected chi connectivity index (χ2v) is 7.48. The second kappa shape index (κ2) is 17.5. The van der Waals surface area contributed by atoms with Gasteiger partial charge in [-0.1, -0.05) is 63.3 Å². The molecule has 0 radical (unpaired) electrons. The molecular formula is C26H38O4. The molecule has 0 fully saturated rings. The standard InChI is InChI=1S/C26H38O4/c1-3-4-5-6-7-8-9-10-11-12-13-14-15-16-17-18-26(28)30-24-20-19-23(22-27)21-25(24)29-2/h7-8,10-11,19-22H,3-6,9,12-18H2,1-2H3. The molecule has 0 aliphatic carbocycles. The lowest BCUT2D eigenvalue weighted by atomic mass is 10.1. The van der Waals surface area contributed by atoms with E-state index in [-0.39, 0.29) is 5.97 Å². The van der Waals surface area contributed by atoms with Crippen LogP contribution in [0.2, 0.25) is 0 Å². The van der Waals surface area contributed by atoms with E-state index >= 15 is 0 Å². The Hall–Kier alpha value is -2.36. The number of esters is 1. The first-order valence-electron chi connectivity index (χ1n) is 11.3. The van der Waals surface area contributed by atoms with Crippen LogP contribution in [0, 0.1) is 0 Å². The quantitative estimate of drug-likeness (QED) is 0.0887. The van der Waals surface area contributed by atoms with Crippen LogP contribution in [0.15, 0.2) is 42.5 Å². The molecule has 0 aromatic heterocycles. The third-order valence-corrected chi connectivity index (χ3v) is 4.88. The summed E-state index contributed by atoms with van der Waals surface area (Å²) in [5, 5.41) is 0. The Labute approximate surface area is 182 Å². The first kappa shape index (κ1) is 25.7. The predicted octanol–water partition coefficient (Wildman–Crippen LogP) is 7.23. The summed E-state index contributed by atoms with van der Waals surface area (Å²) in [6.45, 7) is 2.23. The van der Waals surface area contributed by atoms with Crippen molar-refractivity contribution in [2.75, 3.05) is 7.11 Å². The van der Waals surface area contributed by atoms with Crippen molar-refractivity contribution in [2.24, 2.45) is 0 Å². The van der Waals surface area contributed by atoms with Crippen molar-refractivity contribution < 1.29 is 19.1 Å². The lowest BCUT2D eigenvalue weighted by Gasteiger charge is -2.09. The van der Waals surface area contributed by atoms with Gasteiger partial charge in [-0.3, -0.25) is 9.59 Å². The molecule has 0 N–H and O–H groups in total. The fourth-order valence-electron chi connectivity index (χ4n) is 3.10. The topological polar surface area (TPSA) is 52.6 Å². The zero-order chi connectivity index (χ0) is 21.9. The van der Waals surface area contributed by atoms with Crippen molar-refractivity contribution in [3.05, 3.63) is 48.1 Å². The Morgan fingerprint density at radius 3 is 2.20 bits per heavy atom. The van der Waals surface area contributed by atoms with Crippen LogP contribution in [0.4, 0.5) is 0 Å². The Morgan fingerprint density at radius 1 is 0.867 bits per heavy atom. The number of unbranched alkanes of at least 4 members (excludes halogenated alkanes) is 8. The Morgan fingerprint density at radius 2 is 1.53 bits per heavy atom. The van der Waals surface area contributed by atoms with Crippen LogP contribution in [0.1, 0.15) is 94.3 Å². The van der Waals surface area contributed by atoms with Crippen LogP contribution in [0.3, 0.4) is 0 Å². The van der Waals surface area contributed by atoms with Gasteiger partial charge in [0.2, 0.25) is 0 Å². The minimum atomic E-state index is -0.266. The van der Waals surface area contributed by atoms with Crippen molar-refractivity contribution in [2.45, 2.75) is 84.0 Å². The summed E-state index contributed by atoms with van der Waals surface area (Å²) in [4.78, 5) is 22.8. The number of benzene rings is 1. The predicted molar refractivity (Wildman–Crippen MR) is 123 cm³/mol. The van der Waals surface area contributed by atoms with Crippen LogP contribution in [0.5, 0.6) is 11.5 Å². The number of carbonyl (C=O) groups is 2. The van der Waals surface area contributed by atoms with Gasteiger partial charge in [0.1, 0.15) is 6.29 Å². The van der Waals surface area contributed by atoms with E-state index in [0.717, 1.165) is 38.4 Å². The molecule has 0 atom stereocenters. The van der Waals surface area contributed by atoms with E-state index in [1.165, 1.54) is 45.6 Å². The van der Waals surface area contributed by atoms with Gasteiger partial charge in [-0.05, 0) is 56.7 Å². The molecule has 30 heavy (non-hydrogen) atoms. The van der Waals surface area contributed by atoms with Crippen molar-refractivity contribution in [3.63, 3.8) is 0 Å². The van der Waals surface area contributed by atoms with Gasteiger partial charge in [0.05, 0.1) is 7.11 Å². The van der Waals surface area contributed by atoms with Gasteiger partial charge in [0, 0.05) is 12.0 Å². The van der Waals surface area contributed by atoms with Crippen molar-refractivity contribution in [1.29, 1.82) is 0 Å². The minimum absolute atomic E-state index is 0.266. The van der Waals surface area contributed by atoms with E-state index in [2.05, 4.69) is 31.2 Å². The van der Waals surface area contributed by atoms with Gasteiger partial charge < -0.3 is 9.47 Å². The number of carbonyl (C=O) groups excluding carboxylic acids is 2. The minimum Gasteiger partial charge on any atom is -0.493 e. The normalized spacial score (nSPS) is 11.3. The van der Waals surface area contributed by atoms with Crippen LogP contribution in [0.25, 0.3) is 0 Å². The summed E-state index contributed by atoms with van der Waals surface area (Å²) in [5.74, 6) is 0.488.